The number of aliphatic hydroxyl groups is 1. The second kappa shape index (κ2) is 5.06. The van der Waals surface area contributed by atoms with E-state index in [0.29, 0.717) is 18.4 Å². The van der Waals surface area contributed by atoms with Crippen LogP contribution in [0.3, 0.4) is 0 Å². The zero-order chi connectivity index (χ0) is 13.5. The normalized spacial score (nSPS) is 42.5. The molecule has 3 aliphatic rings. The van der Waals surface area contributed by atoms with Gasteiger partial charge in [0.1, 0.15) is 0 Å². The number of hydrogen-bond acceptors (Lipinski definition) is 3. The number of amides is 1. The highest BCUT2D eigenvalue weighted by Gasteiger charge is 2.50. The van der Waals surface area contributed by atoms with Crippen molar-refractivity contribution in [2.75, 3.05) is 20.1 Å². The van der Waals surface area contributed by atoms with Gasteiger partial charge in [-0.25, -0.2) is 0 Å². The summed E-state index contributed by atoms with van der Waals surface area (Å²) in [5.74, 6) is 0.930. The third kappa shape index (κ3) is 2.29. The van der Waals surface area contributed by atoms with Gasteiger partial charge in [-0.3, -0.25) is 9.69 Å². The summed E-state index contributed by atoms with van der Waals surface area (Å²) in [7, 11) is 2.01. The first kappa shape index (κ1) is 13.4. The molecule has 4 heteroatoms. The van der Waals surface area contributed by atoms with Crippen molar-refractivity contribution >= 4 is 5.91 Å². The first-order valence-electron chi connectivity index (χ1n) is 7.81. The quantitative estimate of drug-likeness (QED) is 0.805. The molecule has 2 saturated carbocycles. The number of likely N-dealkylation sites (N-methyl/N-ethyl adjacent to an activating group) is 1. The zero-order valence-electron chi connectivity index (χ0n) is 11.9. The molecule has 19 heavy (non-hydrogen) atoms. The van der Waals surface area contributed by atoms with Crippen molar-refractivity contribution in [2.45, 2.75) is 56.6 Å². The Labute approximate surface area is 115 Å². The van der Waals surface area contributed by atoms with Crippen LogP contribution in [0.5, 0.6) is 0 Å². The predicted molar refractivity (Wildman–Crippen MR) is 73.7 cm³/mol. The molecule has 2 unspecified atom stereocenters. The van der Waals surface area contributed by atoms with E-state index in [0.717, 1.165) is 45.1 Å². The van der Waals surface area contributed by atoms with Crippen LogP contribution < -0.4 is 5.32 Å². The van der Waals surface area contributed by atoms with Crippen molar-refractivity contribution in [1.82, 2.24) is 10.2 Å². The molecular formula is C15H26N2O2. The van der Waals surface area contributed by atoms with Crippen molar-refractivity contribution in [3.8, 4) is 0 Å². The summed E-state index contributed by atoms with van der Waals surface area (Å²) in [5.41, 5.74) is -0.620. The minimum Gasteiger partial charge on any atom is -0.387 e. The third-order valence-electron chi connectivity index (χ3n) is 5.75. The lowest BCUT2D eigenvalue weighted by Gasteiger charge is -2.39. The van der Waals surface area contributed by atoms with E-state index >= 15 is 0 Å². The number of likely N-dealkylation sites (tertiary alicyclic amines) is 1. The first-order valence-corrected chi connectivity index (χ1v) is 7.81. The standard InChI is InChI=1S/C15H26N2O2/c1-17-9-3-6-13(17)14(18)16-10-15(19)11-4-2-5-12(15)8-7-11/h11-13,19H,2-10H2,1H3,(H,16,18)/t11-,12?,13-,15?/m1/s1. The molecule has 2 aliphatic carbocycles. The minimum absolute atomic E-state index is 0.0184. The molecule has 0 spiro atoms. The van der Waals surface area contributed by atoms with Crippen LogP contribution in [0.4, 0.5) is 0 Å². The minimum atomic E-state index is -0.620. The second-order valence-electron chi connectivity index (χ2n) is 6.75. The maximum Gasteiger partial charge on any atom is 0.237 e. The third-order valence-corrected chi connectivity index (χ3v) is 5.75. The number of rotatable bonds is 3. The maximum absolute atomic E-state index is 12.2. The monoisotopic (exact) mass is 266 g/mol. The van der Waals surface area contributed by atoms with Crippen LogP contribution in [-0.4, -0.2) is 47.7 Å². The van der Waals surface area contributed by atoms with Crippen molar-refractivity contribution in [2.24, 2.45) is 11.8 Å². The Balaban J connectivity index is 1.58. The maximum atomic E-state index is 12.2. The second-order valence-corrected chi connectivity index (χ2v) is 6.75. The molecule has 3 rings (SSSR count). The lowest BCUT2D eigenvalue weighted by atomic mass is 9.74. The highest BCUT2D eigenvalue weighted by molar-refractivity contribution is 5.82. The fraction of sp³-hybridized carbons (Fsp3) is 0.933. The van der Waals surface area contributed by atoms with Gasteiger partial charge in [0.25, 0.3) is 0 Å². The molecule has 0 aromatic carbocycles. The van der Waals surface area contributed by atoms with Gasteiger partial charge in [0, 0.05) is 6.54 Å². The molecular weight excluding hydrogens is 240 g/mol. The molecule has 0 aromatic heterocycles. The largest absolute Gasteiger partial charge is 0.387 e. The molecule has 4 atom stereocenters. The molecule has 1 heterocycles. The van der Waals surface area contributed by atoms with Crippen LogP contribution in [0.1, 0.15) is 44.9 Å². The molecule has 1 aliphatic heterocycles. The number of carbonyl (C=O) groups is 1. The number of nitrogens with one attached hydrogen (secondary N) is 1. The van der Waals surface area contributed by atoms with Gasteiger partial charge in [-0.15, -0.1) is 0 Å². The van der Waals surface area contributed by atoms with E-state index in [4.69, 9.17) is 0 Å². The fourth-order valence-electron chi connectivity index (χ4n) is 4.51. The fourth-order valence-corrected chi connectivity index (χ4v) is 4.51. The van der Waals surface area contributed by atoms with Gasteiger partial charge >= 0.3 is 0 Å². The molecule has 2 N–H and O–H groups in total. The van der Waals surface area contributed by atoms with Gasteiger partial charge in [-0.2, -0.15) is 0 Å². The van der Waals surface area contributed by atoms with E-state index in [1.807, 2.05) is 7.05 Å². The van der Waals surface area contributed by atoms with E-state index in [-0.39, 0.29) is 11.9 Å². The Kier molecular flexibility index (Phi) is 3.56. The van der Waals surface area contributed by atoms with E-state index in [1.165, 1.54) is 6.42 Å². The Bertz CT molecular complexity index is 342. The lowest BCUT2D eigenvalue weighted by molar-refractivity contribution is -0.128. The van der Waals surface area contributed by atoms with Crippen LogP contribution in [-0.2, 0) is 4.79 Å². The number of carbonyl (C=O) groups excluding carboxylic acids is 1. The van der Waals surface area contributed by atoms with Gasteiger partial charge in [0.05, 0.1) is 11.6 Å². The summed E-state index contributed by atoms with van der Waals surface area (Å²) in [6.07, 6.45) is 7.84. The van der Waals surface area contributed by atoms with Crippen LogP contribution >= 0.6 is 0 Å². The zero-order valence-corrected chi connectivity index (χ0v) is 11.9. The number of nitrogens with zero attached hydrogens (tertiary/aromatic N) is 1. The molecule has 3 fully saturated rings. The Morgan fingerprint density at radius 3 is 2.47 bits per heavy atom. The summed E-state index contributed by atoms with van der Waals surface area (Å²) in [4.78, 5) is 14.3. The SMILES string of the molecule is CN1CCC[C@@H]1C(=O)NCC1(O)C2CCC[C@@H]1CC2. The smallest absolute Gasteiger partial charge is 0.237 e. The van der Waals surface area contributed by atoms with E-state index < -0.39 is 5.60 Å². The molecule has 1 saturated heterocycles. The van der Waals surface area contributed by atoms with Crippen molar-refractivity contribution in [3.63, 3.8) is 0 Å². The summed E-state index contributed by atoms with van der Waals surface area (Å²) in [6.45, 7) is 1.47. The van der Waals surface area contributed by atoms with Gasteiger partial charge in [-0.1, -0.05) is 6.42 Å². The molecule has 4 nitrogen and oxygen atoms in total. The Morgan fingerprint density at radius 1 is 1.21 bits per heavy atom. The van der Waals surface area contributed by atoms with Gasteiger partial charge in [0.15, 0.2) is 0 Å². The predicted octanol–water partition coefficient (Wildman–Crippen LogP) is 1.14. The van der Waals surface area contributed by atoms with E-state index in [9.17, 15) is 9.90 Å². The van der Waals surface area contributed by atoms with Gasteiger partial charge < -0.3 is 10.4 Å². The average Bonchev–Trinajstić information content (AvgIpc) is 2.84. The highest BCUT2D eigenvalue weighted by Crippen LogP contribution is 2.49. The van der Waals surface area contributed by atoms with Crippen molar-refractivity contribution < 1.29 is 9.90 Å². The highest BCUT2D eigenvalue weighted by atomic mass is 16.3. The van der Waals surface area contributed by atoms with Crippen LogP contribution in [0.15, 0.2) is 0 Å². The first-order chi connectivity index (χ1) is 9.11. The van der Waals surface area contributed by atoms with Gasteiger partial charge in [-0.05, 0) is 64.0 Å². The van der Waals surface area contributed by atoms with Crippen LogP contribution in [0.2, 0.25) is 0 Å². The lowest BCUT2D eigenvalue weighted by Crippen LogP contribution is -2.54. The molecule has 0 aromatic rings. The van der Waals surface area contributed by atoms with E-state index in [2.05, 4.69) is 10.2 Å². The topological polar surface area (TPSA) is 52.6 Å². The molecule has 0 radical (unpaired) electrons. The molecule has 108 valence electrons. The molecule has 1 amide bonds. The van der Waals surface area contributed by atoms with Crippen LogP contribution in [0.25, 0.3) is 0 Å². The summed E-state index contributed by atoms with van der Waals surface area (Å²) < 4.78 is 0. The van der Waals surface area contributed by atoms with Crippen molar-refractivity contribution in [3.05, 3.63) is 0 Å². The number of hydrogen-bond donors (Lipinski definition) is 2. The summed E-state index contributed by atoms with van der Waals surface area (Å²) >= 11 is 0. The van der Waals surface area contributed by atoms with Crippen LogP contribution in [0, 0.1) is 11.8 Å². The van der Waals surface area contributed by atoms with Gasteiger partial charge in [0.2, 0.25) is 5.91 Å². The van der Waals surface area contributed by atoms with Crippen molar-refractivity contribution in [1.29, 1.82) is 0 Å². The average molecular weight is 266 g/mol. The summed E-state index contributed by atoms with van der Waals surface area (Å²) in [6, 6.07) is 0.0184. The Morgan fingerprint density at radius 2 is 1.89 bits per heavy atom. The van der Waals surface area contributed by atoms with E-state index in [1.54, 1.807) is 0 Å². The Hall–Kier alpha value is -0.610. The molecule has 2 bridgehead atoms. The number of fused-ring (bicyclic) bond motifs is 2. The summed E-state index contributed by atoms with van der Waals surface area (Å²) in [5, 5.41) is 13.9.